The average Bonchev–Trinajstić information content (AvgIpc) is 2.53. The molecule has 0 saturated carbocycles. The number of rotatable bonds is 6. The molecule has 1 fully saturated rings. The number of carboxylic acids is 1. The van der Waals surface area contributed by atoms with Crippen LogP contribution in [0.5, 0.6) is 5.75 Å². The summed E-state index contributed by atoms with van der Waals surface area (Å²) in [6.45, 7) is 3.92. The van der Waals surface area contributed by atoms with E-state index in [-0.39, 0.29) is 18.2 Å². The molecule has 22 heavy (non-hydrogen) atoms. The van der Waals surface area contributed by atoms with Crippen LogP contribution in [0.3, 0.4) is 0 Å². The van der Waals surface area contributed by atoms with E-state index in [1.54, 1.807) is 17.0 Å². The zero-order valence-electron chi connectivity index (χ0n) is 13.0. The zero-order valence-corrected chi connectivity index (χ0v) is 13.0. The predicted octanol–water partition coefficient (Wildman–Crippen LogP) is 2.80. The summed E-state index contributed by atoms with van der Waals surface area (Å²) in [6.07, 6.45) is 2.63. The Balaban J connectivity index is 1.93. The summed E-state index contributed by atoms with van der Waals surface area (Å²) < 4.78 is 5.56. The minimum Gasteiger partial charge on any atom is -0.494 e. The Bertz CT molecular complexity index is 521. The van der Waals surface area contributed by atoms with Crippen molar-refractivity contribution < 1.29 is 19.4 Å². The highest BCUT2D eigenvalue weighted by Gasteiger charge is 2.25. The first-order chi connectivity index (χ1) is 10.6. The lowest BCUT2D eigenvalue weighted by molar-refractivity contribution is -0.138. The van der Waals surface area contributed by atoms with Gasteiger partial charge in [0.1, 0.15) is 5.75 Å². The number of amides is 1. The minimum atomic E-state index is -0.759. The fraction of sp³-hybridized carbons (Fsp3) is 0.529. The summed E-state index contributed by atoms with van der Waals surface area (Å²) >= 11 is 0. The van der Waals surface area contributed by atoms with Gasteiger partial charge in [-0.25, -0.2) is 0 Å². The molecule has 1 heterocycles. The Labute approximate surface area is 130 Å². The highest BCUT2D eigenvalue weighted by molar-refractivity contribution is 5.94. The molecule has 0 atom stereocenters. The number of hydrogen-bond acceptors (Lipinski definition) is 3. The number of carbonyl (C=O) groups is 2. The molecule has 5 nitrogen and oxygen atoms in total. The van der Waals surface area contributed by atoms with Crippen molar-refractivity contribution in [2.75, 3.05) is 19.7 Å². The van der Waals surface area contributed by atoms with Gasteiger partial charge in [-0.05, 0) is 43.4 Å². The summed E-state index contributed by atoms with van der Waals surface area (Å²) in [7, 11) is 0. The van der Waals surface area contributed by atoms with Crippen molar-refractivity contribution in [2.24, 2.45) is 5.92 Å². The molecular weight excluding hydrogens is 282 g/mol. The van der Waals surface area contributed by atoms with Gasteiger partial charge in [0.15, 0.2) is 0 Å². The number of piperidine rings is 1. The molecule has 0 aliphatic carbocycles. The maximum atomic E-state index is 12.5. The Morgan fingerprint density at radius 1 is 1.32 bits per heavy atom. The Morgan fingerprint density at radius 3 is 2.68 bits per heavy atom. The smallest absolute Gasteiger partial charge is 0.303 e. The lowest BCUT2D eigenvalue weighted by atomic mass is 9.93. The van der Waals surface area contributed by atoms with Crippen molar-refractivity contribution in [3.63, 3.8) is 0 Å². The molecule has 1 amide bonds. The normalized spacial score (nSPS) is 15.6. The van der Waals surface area contributed by atoms with Crippen molar-refractivity contribution in [1.82, 2.24) is 4.90 Å². The van der Waals surface area contributed by atoms with Gasteiger partial charge in [-0.2, -0.15) is 0 Å². The molecule has 5 heteroatoms. The van der Waals surface area contributed by atoms with Crippen molar-refractivity contribution >= 4 is 11.9 Å². The summed E-state index contributed by atoms with van der Waals surface area (Å²) in [5, 5.41) is 8.83. The summed E-state index contributed by atoms with van der Waals surface area (Å²) in [5.74, 6) is 0.135. The van der Waals surface area contributed by atoms with Gasteiger partial charge in [0.05, 0.1) is 6.61 Å². The molecule has 1 saturated heterocycles. The number of carbonyl (C=O) groups excluding carboxylic acids is 1. The fourth-order valence-electron chi connectivity index (χ4n) is 2.71. The van der Waals surface area contributed by atoms with E-state index in [4.69, 9.17) is 9.84 Å². The standard InChI is InChI=1S/C17H23NO4/c1-2-10-22-15-5-3-4-14(12-15)17(21)18-8-6-13(7-9-18)11-16(19)20/h3-5,12-13H,2,6-11H2,1H3,(H,19,20). The van der Waals surface area contributed by atoms with Crippen LogP contribution >= 0.6 is 0 Å². The van der Waals surface area contributed by atoms with Gasteiger partial charge in [-0.3, -0.25) is 9.59 Å². The minimum absolute atomic E-state index is 0.00396. The van der Waals surface area contributed by atoms with Crippen molar-refractivity contribution in [3.05, 3.63) is 29.8 Å². The van der Waals surface area contributed by atoms with Crippen molar-refractivity contribution in [3.8, 4) is 5.75 Å². The van der Waals surface area contributed by atoms with E-state index in [0.717, 1.165) is 19.3 Å². The molecule has 0 unspecified atom stereocenters. The second-order valence-electron chi connectivity index (χ2n) is 5.71. The molecule has 1 aromatic rings. The van der Waals surface area contributed by atoms with E-state index in [1.165, 1.54) is 0 Å². The van der Waals surface area contributed by atoms with Crippen LogP contribution in [0, 0.1) is 5.92 Å². The van der Waals surface area contributed by atoms with Crippen LogP contribution < -0.4 is 4.74 Å². The molecular formula is C17H23NO4. The zero-order chi connectivity index (χ0) is 15.9. The fourth-order valence-corrected chi connectivity index (χ4v) is 2.71. The third-order valence-corrected chi connectivity index (χ3v) is 3.92. The maximum absolute atomic E-state index is 12.5. The lowest BCUT2D eigenvalue weighted by Gasteiger charge is -2.31. The first-order valence-electron chi connectivity index (χ1n) is 7.84. The third-order valence-electron chi connectivity index (χ3n) is 3.92. The Morgan fingerprint density at radius 2 is 2.05 bits per heavy atom. The number of hydrogen-bond donors (Lipinski definition) is 1. The van der Waals surface area contributed by atoms with Gasteiger partial charge in [-0.1, -0.05) is 13.0 Å². The first kappa shape index (κ1) is 16.3. The molecule has 0 spiro atoms. The number of benzene rings is 1. The quantitative estimate of drug-likeness (QED) is 0.877. The monoisotopic (exact) mass is 305 g/mol. The van der Waals surface area contributed by atoms with Gasteiger partial charge in [-0.15, -0.1) is 0 Å². The summed E-state index contributed by atoms with van der Waals surface area (Å²) in [6, 6.07) is 7.26. The predicted molar refractivity (Wildman–Crippen MR) is 83.1 cm³/mol. The third kappa shape index (κ3) is 4.48. The van der Waals surface area contributed by atoms with E-state index >= 15 is 0 Å². The first-order valence-corrected chi connectivity index (χ1v) is 7.84. The molecule has 1 aliphatic rings. The van der Waals surface area contributed by atoms with Gasteiger partial charge in [0, 0.05) is 25.1 Å². The van der Waals surface area contributed by atoms with Crippen molar-refractivity contribution in [1.29, 1.82) is 0 Å². The molecule has 1 aliphatic heterocycles. The van der Waals surface area contributed by atoms with Gasteiger partial charge in [0.2, 0.25) is 0 Å². The topological polar surface area (TPSA) is 66.8 Å². The van der Waals surface area contributed by atoms with Crippen LogP contribution in [-0.4, -0.2) is 41.6 Å². The maximum Gasteiger partial charge on any atom is 0.303 e. The SMILES string of the molecule is CCCOc1cccc(C(=O)N2CCC(CC(=O)O)CC2)c1. The molecule has 120 valence electrons. The van der Waals surface area contributed by atoms with Crippen LogP contribution in [0.1, 0.15) is 43.0 Å². The van der Waals surface area contributed by atoms with E-state index in [0.29, 0.717) is 31.0 Å². The van der Waals surface area contributed by atoms with Gasteiger partial charge >= 0.3 is 5.97 Å². The molecule has 0 aromatic heterocycles. The van der Waals surface area contributed by atoms with Crippen LogP contribution in [0.2, 0.25) is 0 Å². The van der Waals surface area contributed by atoms with Gasteiger partial charge in [0.25, 0.3) is 5.91 Å². The highest BCUT2D eigenvalue weighted by Crippen LogP contribution is 2.23. The van der Waals surface area contributed by atoms with Crippen LogP contribution in [0.4, 0.5) is 0 Å². The highest BCUT2D eigenvalue weighted by atomic mass is 16.5. The second-order valence-corrected chi connectivity index (χ2v) is 5.71. The number of likely N-dealkylation sites (tertiary alicyclic amines) is 1. The Hall–Kier alpha value is -2.04. The largest absolute Gasteiger partial charge is 0.494 e. The Kier molecular flexibility index (Phi) is 5.81. The molecule has 0 bridgehead atoms. The molecule has 0 radical (unpaired) electrons. The van der Waals surface area contributed by atoms with E-state index < -0.39 is 5.97 Å². The number of ether oxygens (including phenoxy) is 1. The van der Waals surface area contributed by atoms with Crippen molar-refractivity contribution in [2.45, 2.75) is 32.6 Å². The number of nitrogens with zero attached hydrogens (tertiary/aromatic N) is 1. The molecule has 1 N–H and O–H groups in total. The van der Waals surface area contributed by atoms with Crippen LogP contribution in [-0.2, 0) is 4.79 Å². The van der Waals surface area contributed by atoms with Crippen LogP contribution in [0.15, 0.2) is 24.3 Å². The average molecular weight is 305 g/mol. The summed E-state index contributed by atoms with van der Waals surface area (Å²) in [4.78, 5) is 25.0. The van der Waals surface area contributed by atoms with E-state index in [1.807, 2.05) is 19.1 Å². The lowest BCUT2D eigenvalue weighted by Crippen LogP contribution is -2.38. The molecule has 2 rings (SSSR count). The van der Waals surface area contributed by atoms with Gasteiger partial charge < -0.3 is 14.7 Å². The number of carboxylic acid groups (broad SMARTS) is 1. The van der Waals surface area contributed by atoms with Crippen LogP contribution in [0.25, 0.3) is 0 Å². The number of aliphatic carboxylic acids is 1. The second kappa shape index (κ2) is 7.82. The molecule has 1 aromatic carbocycles. The summed E-state index contributed by atoms with van der Waals surface area (Å²) in [5.41, 5.74) is 0.630. The van der Waals surface area contributed by atoms with E-state index in [9.17, 15) is 9.59 Å². The van der Waals surface area contributed by atoms with E-state index in [2.05, 4.69) is 0 Å².